The average molecular weight is 254 g/mol. The quantitative estimate of drug-likeness (QED) is 0.769. The Labute approximate surface area is 108 Å². The molecule has 0 saturated carbocycles. The van der Waals surface area contributed by atoms with E-state index >= 15 is 0 Å². The van der Waals surface area contributed by atoms with Gasteiger partial charge in [-0.05, 0) is 26.2 Å². The van der Waals surface area contributed by atoms with Crippen LogP contribution in [-0.2, 0) is 19.0 Å². The Hall–Kier alpha value is -0.450. The molecule has 1 spiro atoms. The monoisotopic (exact) mass is 254 g/mol. The van der Waals surface area contributed by atoms with Crippen LogP contribution < -0.4 is 0 Å². The molecule has 0 aliphatic carbocycles. The molecule has 2 bridgehead atoms. The van der Waals surface area contributed by atoms with E-state index in [1.165, 1.54) is 0 Å². The lowest BCUT2D eigenvalue weighted by molar-refractivity contribution is -0.187. The first-order chi connectivity index (χ1) is 8.59. The molecule has 3 unspecified atom stereocenters. The van der Waals surface area contributed by atoms with Gasteiger partial charge in [0, 0.05) is 12.3 Å². The number of ether oxygens (including phenoxy) is 3. The minimum absolute atomic E-state index is 0.0885. The number of hydrogen-bond acceptors (Lipinski definition) is 4. The van der Waals surface area contributed by atoms with Crippen LogP contribution in [0.4, 0.5) is 0 Å². The molecule has 0 aromatic rings. The molecule has 0 radical (unpaired) electrons. The highest BCUT2D eigenvalue weighted by Crippen LogP contribution is 2.45. The zero-order valence-electron chi connectivity index (χ0n) is 11.2. The summed E-state index contributed by atoms with van der Waals surface area (Å²) in [6, 6.07) is 0. The minimum Gasteiger partial charge on any atom is -0.376 e. The van der Waals surface area contributed by atoms with E-state index in [4.69, 9.17) is 14.2 Å². The van der Waals surface area contributed by atoms with Gasteiger partial charge in [-0.1, -0.05) is 6.92 Å². The molecule has 3 heterocycles. The molecule has 3 rings (SSSR count). The molecule has 4 heteroatoms. The second-order valence-electron chi connectivity index (χ2n) is 6.10. The van der Waals surface area contributed by atoms with E-state index in [0.717, 1.165) is 25.7 Å². The van der Waals surface area contributed by atoms with Gasteiger partial charge in [0.1, 0.15) is 11.4 Å². The van der Waals surface area contributed by atoms with Gasteiger partial charge in [0.2, 0.25) is 0 Å². The summed E-state index contributed by atoms with van der Waals surface area (Å²) in [7, 11) is 0. The van der Waals surface area contributed by atoms with Gasteiger partial charge in [0.25, 0.3) is 0 Å². The Morgan fingerprint density at radius 3 is 3.06 bits per heavy atom. The number of ketones is 1. The van der Waals surface area contributed by atoms with Crippen molar-refractivity contribution in [1.29, 1.82) is 0 Å². The molecular formula is C14H22O4. The highest BCUT2D eigenvalue weighted by Gasteiger charge is 2.55. The van der Waals surface area contributed by atoms with Crippen LogP contribution in [0.1, 0.15) is 39.5 Å². The van der Waals surface area contributed by atoms with Crippen molar-refractivity contribution in [3.8, 4) is 0 Å². The van der Waals surface area contributed by atoms with Crippen molar-refractivity contribution < 1.29 is 19.0 Å². The van der Waals surface area contributed by atoms with E-state index in [9.17, 15) is 4.79 Å². The van der Waals surface area contributed by atoms with E-state index in [2.05, 4.69) is 0 Å². The van der Waals surface area contributed by atoms with Gasteiger partial charge in [-0.25, -0.2) is 0 Å². The third-order valence-corrected chi connectivity index (χ3v) is 4.63. The van der Waals surface area contributed by atoms with Gasteiger partial charge in [-0.15, -0.1) is 0 Å². The van der Waals surface area contributed by atoms with Gasteiger partial charge in [0.05, 0.1) is 31.5 Å². The van der Waals surface area contributed by atoms with Gasteiger partial charge in [-0.3, -0.25) is 4.79 Å². The SMILES string of the molecule is CC(=O)C(C)C[C@H]1CCC2OC3COC[C@@]2(C3)O1. The molecule has 102 valence electrons. The molecule has 0 aromatic heterocycles. The largest absolute Gasteiger partial charge is 0.376 e. The number of Topliss-reactive ketones (excluding diaryl/α,β-unsaturated/α-hetero) is 1. The first-order valence-electron chi connectivity index (χ1n) is 7.00. The van der Waals surface area contributed by atoms with E-state index in [1.54, 1.807) is 6.92 Å². The Morgan fingerprint density at radius 2 is 2.28 bits per heavy atom. The molecule has 3 aliphatic rings. The Balaban J connectivity index is 1.66. The smallest absolute Gasteiger partial charge is 0.132 e. The first kappa shape index (κ1) is 12.6. The number of carbonyl (C=O) groups is 1. The van der Waals surface area contributed by atoms with Crippen LogP contribution in [0.3, 0.4) is 0 Å². The van der Waals surface area contributed by atoms with Crippen molar-refractivity contribution in [3.05, 3.63) is 0 Å². The topological polar surface area (TPSA) is 44.8 Å². The average Bonchev–Trinajstić information content (AvgIpc) is 2.58. The van der Waals surface area contributed by atoms with Crippen molar-refractivity contribution in [2.45, 2.75) is 63.4 Å². The van der Waals surface area contributed by atoms with Gasteiger partial charge < -0.3 is 14.2 Å². The Kier molecular flexibility index (Phi) is 3.20. The Bertz CT molecular complexity index is 343. The van der Waals surface area contributed by atoms with Crippen LogP contribution in [0.15, 0.2) is 0 Å². The summed E-state index contributed by atoms with van der Waals surface area (Å²) in [5.41, 5.74) is -0.220. The fraction of sp³-hybridized carbons (Fsp3) is 0.929. The van der Waals surface area contributed by atoms with Crippen molar-refractivity contribution in [3.63, 3.8) is 0 Å². The maximum Gasteiger partial charge on any atom is 0.132 e. The maximum absolute atomic E-state index is 11.4. The third-order valence-electron chi connectivity index (χ3n) is 4.63. The van der Waals surface area contributed by atoms with Crippen molar-refractivity contribution in [2.75, 3.05) is 13.2 Å². The minimum atomic E-state index is -0.220. The van der Waals surface area contributed by atoms with Crippen LogP contribution in [0.2, 0.25) is 0 Å². The predicted molar refractivity (Wildman–Crippen MR) is 65.4 cm³/mol. The van der Waals surface area contributed by atoms with Gasteiger partial charge in [-0.2, -0.15) is 0 Å². The lowest BCUT2D eigenvalue weighted by Crippen LogP contribution is -2.53. The second kappa shape index (κ2) is 4.58. The highest BCUT2D eigenvalue weighted by atomic mass is 16.6. The molecular weight excluding hydrogens is 232 g/mol. The molecule has 0 aromatic carbocycles. The normalized spacial score (nSPS) is 44.4. The molecule has 0 N–H and O–H groups in total. The summed E-state index contributed by atoms with van der Waals surface area (Å²) in [6.07, 6.45) is 4.43. The summed E-state index contributed by atoms with van der Waals surface area (Å²) in [4.78, 5) is 11.4. The lowest BCUT2D eigenvalue weighted by atomic mass is 9.84. The first-order valence-corrected chi connectivity index (χ1v) is 7.00. The molecule has 4 nitrogen and oxygen atoms in total. The number of rotatable bonds is 3. The van der Waals surface area contributed by atoms with Crippen LogP contribution in [0, 0.1) is 5.92 Å². The molecule has 3 aliphatic heterocycles. The summed E-state index contributed by atoms with van der Waals surface area (Å²) in [5.74, 6) is 0.337. The van der Waals surface area contributed by atoms with Crippen molar-refractivity contribution in [1.82, 2.24) is 0 Å². The van der Waals surface area contributed by atoms with E-state index in [0.29, 0.717) is 13.2 Å². The van der Waals surface area contributed by atoms with Crippen molar-refractivity contribution >= 4 is 5.78 Å². The maximum atomic E-state index is 11.4. The standard InChI is InChI=1S/C14H22O4/c1-9(10(2)15)5-11-3-4-13-14(18-11)6-12(17-13)7-16-8-14/h9,11-13H,3-8H2,1-2H3/t9?,11-,12?,13?,14-/m1/s1. The summed E-state index contributed by atoms with van der Waals surface area (Å²) in [5, 5.41) is 0. The summed E-state index contributed by atoms with van der Waals surface area (Å²) in [6.45, 7) is 5.00. The Morgan fingerprint density at radius 1 is 1.44 bits per heavy atom. The zero-order valence-corrected chi connectivity index (χ0v) is 11.2. The predicted octanol–water partition coefficient (Wildman–Crippen LogP) is 1.71. The molecule has 18 heavy (non-hydrogen) atoms. The van der Waals surface area contributed by atoms with Crippen LogP contribution in [-0.4, -0.2) is 42.9 Å². The fourth-order valence-electron chi connectivity index (χ4n) is 3.48. The second-order valence-corrected chi connectivity index (χ2v) is 6.10. The molecule has 3 saturated heterocycles. The zero-order chi connectivity index (χ0) is 12.8. The van der Waals surface area contributed by atoms with Gasteiger partial charge >= 0.3 is 0 Å². The summed E-state index contributed by atoms with van der Waals surface area (Å²) < 4.78 is 17.9. The lowest BCUT2D eigenvalue weighted by Gasteiger charge is -2.42. The summed E-state index contributed by atoms with van der Waals surface area (Å²) >= 11 is 0. The number of fused-ring (bicyclic) bond motifs is 1. The fourth-order valence-corrected chi connectivity index (χ4v) is 3.48. The van der Waals surface area contributed by atoms with Crippen LogP contribution in [0.25, 0.3) is 0 Å². The van der Waals surface area contributed by atoms with Crippen molar-refractivity contribution in [2.24, 2.45) is 5.92 Å². The number of hydrogen-bond donors (Lipinski definition) is 0. The number of carbonyl (C=O) groups excluding carboxylic acids is 1. The van der Waals surface area contributed by atoms with Crippen LogP contribution in [0.5, 0.6) is 0 Å². The van der Waals surface area contributed by atoms with E-state index < -0.39 is 0 Å². The van der Waals surface area contributed by atoms with E-state index in [1.807, 2.05) is 6.92 Å². The third kappa shape index (κ3) is 2.10. The van der Waals surface area contributed by atoms with Gasteiger partial charge in [0.15, 0.2) is 0 Å². The van der Waals surface area contributed by atoms with E-state index in [-0.39, 0.29) is 35.6 Å². The molecule has 3 fully saturated rings. The molecule has 5 atom stereocenters. The highest BCUT2D eigenvalue weighted by molar-refractivity contribution is 5.77. The van der Waals surface area contributed by atoms with Crippen LogP contribution >= 0.6 is 0 Å². The molecule has 0 amide bonds.